The van der Waals surface area contributed by atoms with E-state index in [0.717, 1.165) is 23.8 Å². The Bertz CT molecular complexity index is 880. The number of ether oxygens (including phenoxy) is 1. The van der Waals surface area contributed by atoms with Crippen LogP contribution in [0, 0.1) is 17.6 Å². The van der Waals surface area contributed by atoms with Crippen molar-refractivity contribution in [3.05, 3.63) is 70.8 Å². The van der Waals surface area contributed by atoms with Gasteiger partial charge in [0.2, 0.25) is 0 Å². The number of alkyl halides is 3. The number of halogens is 5. The highest BCUT2D eigenvalue weighted by atomic mass is 19.4. The maximum Gasteiger partial charge on any atom is 0.416 e. The first-order valence-electron chi connectivity index (χ1n) is 9.60. The van der Waals surface area contributed by atoms with Gasteiger partial charge in [0.25, 0.3) is 0 Å². The molecule has 1 aliphatic carbocycles. The van der Waals surface area contributed by atoms with Crippen molar-refractivity contribution in [2.75, 3.05) is 13.2 Å². The number of benzene rings is 2. The van der Waals surface area contributed by atoms with E-state index < -0.39 is 29.1 Å². The smallest absolute Gasteiger partial charge is 0.396 e. The molecule has 2 unspecified atom stereocenters. The van der Waals surface area contributed by atoms with Crippen LogP contribution >= 0.6 is 0 Å². The van der Waals surface area contributed by atoms with Crippen molar-refractivity contribution >= 4 is 0 Å². The zero-order chi connectivity index (χ0) is 20.8. The first-order valence-corrected chi connectivity index (χ1v) is 9.60. The Labute approximate surface area is 165 Å². The van der Waals surface area contributed by atoms with Crippen molar-refractivity contribution in [3.8, 4) is 0 Å². The predicted molar refractivity (Wildman–Crippen MR) is 96.4 cm³/mol. The zero-order valence-electron chi connectivity index (χ0n) is 15.6. The minimum atomic E-state index is -4.55. The van der Waals surface area contributed by atoms with E-state index in [0.29, 0.717) is 19.3 Å². The maximum atomic E-state index is 14.4. The quantitative estimate of drug-likeness (QED) is 0.683. The van der Waals surface area contributed by atoms with Crippen molar-refractivity contribution in [3.63, 3.8) is 0 Å². The number of aliphatic hydroxyl groups excluding tert-OH is 1. The van der Waals surface area contributed by atoms with Gasteiger partial charge in [-0.05, 0) is 66.6 Å². The molecule has 4 atom stereocenters. The second-order valence-corrected chi connectivity index (χ2v) is 8.02. The minimum absolute atomic E-state index is 0.00186. The predicted octanol–water partition coefficient (Wildman–Crippen LogP) is 5.41. The van der Waals surface area contributed by atoms with Crippen molar-refractivity contribution in [2.24, 2.45) is 5.92 Å². The third-order valence-electron chi connectivity index (χ3n) is 6.37. The van der Waals surface area contributed by atoms with E-state index >= 15 is 0 Å². The molecule has 1 aliphatic heterocycles. The molecule has 1 N–H and O–H groups in total. The van der Waals surface area contributed by atoms with Gasteiger partial charge in [0, 0.05) is 18.4 Å². The lowest BCUT2D eigenvalue weighted by Crippen LogP contribution is -2.34. The average Bonchev–Trinajstić information content (AvgIpc) is 3.26. The molecule has 7 heteroatoms. The van der Waals surface area contributed by atoms with Crippen LogP contribution in [-0.2, 0) is 10.9 Å². The maximum absolute atomic E-state index is 14.4. The van der Waals surface area contributed by atoms with Crippen molar-refractivity contribution in [1.82, 2.24) is 0 Å². The first-order chi connectivity index (χ1) is 13.7. The summed E-state index contributed by atoms with van der Waals surface area (Å²) in [5, 5.41) is 9.83. The SMILES string of the molecule is OCC1CC[C@@]2(CC(c3cc(C(F)(F)F)ccc3F)CO2)[C@@H]1c1ccc(F)cc1. The normalized spacial score (nSPS) is 29.7. The van der Waals surface area contributed by atoms with Crippen LogP contribution in [0.4, 0.5) is 22.0 Å². The highest BCUT2D eigenvalue weighted by Crippen LogP contribution is 2.56. The average molecular weight is 412 g/mol. The summed E-state index contributed by atoms with van der Waals surface area (Å²) in [4.78, 5) is 0. The lowest BCUT2D eigenvalue weighted by Gasteiger charge is -2.33. The van der Waals surface area contributed by atoms with Crippen LogP contribution < -0.4 is 0 Å². The van der Waals surface area contributed by atoms with Gasteiger partial charge in [-0.2, -0.15) is 13.2 Å². The Hall–Kier alpha value is -1.99. The molecule has 156 valence electrons. The van der Waals surface area contributed by atoms with Gasteiger partial charge in [-0.25, -0.2) is 8.78 Å². The molecule has 2 nitrogen and oxygen atoms in total. The van der Waals surface area contributed by atoms with Crippen molar-refractivity contribution in [2.45, 2.75) is 42.9 Å². The highest BCUT2D eigenvalue weighted by Gasteiger charge is 2.54. The molecule has 1 saturated heterocycles. The standard InChI is InChI=1S/C22H21F5O2/c23-17-4-1-13(2-5-17)20-14(11-28)7-8-21(20)10-15(12-29-21)18-9-16(22(25,26)27)3-6-19(18)24/h1-6,9,14-15,20,28H,7-8,10-12H2/t14?,15?,20-,21-/m1/s1. The van der Waals surface area contributed by atoms with Gasteiger partial charge in [0.1, 0.15) is 11.6 Å². The Kier molecular flexibility index (Phi) is 5.15. The summed E-state index contributed by atoms with van der Waals surface area (Å²) in [6, 6.07) is 8.45. The molecule has 29 heavy (non-hydrogen) atoms. The van der Waals surface area contributed by atoms with Gasteiger partial charge < -0.3 is 9.84 Å². The Morgan fingerprint density at radius 3 is 2.45 bits per heavy atom. The number of rotatable bonds is 3. The summed E-state index contributed by atoms with van der Waals surface area (Å²) in [6.45, 7) is 0.0316. The van der Waals surface area contributed by atoms with Crippen LogP contribution in [0.3, 0.4) is 0 Å². The largest absolute Gasteiger partial charge is 0.416 e. The molecule has 0 aromatic heterocycles. The van der Waals surface area contributed by atoms with Gasteiger partial charge in [-0.1, -0.05) is 12.1 Å². The van der Waals surface area contributed by atoms with E-state index in [4.69, 9.17) is 4.74 Å². The fourth-order valence-electron chi connectivity index (χ4n) is 5.05. The Morgan fingerprint density at radius 2 is 1.79 bits per heavy atom. The number of aliphatic hydroxyl groups is 1. The van der Waals surface area contributed by atoms with E-state index in [1.54, 1.807) is 12.1 Å². The molecular formula is C22H21F5O2. The summed E-state index contributed by atoms with van der Waals surface area (Å²) in [6.07, 6.45) is -2.91. The monoisotopic (exact) mass is 412 g/mol. The third kappa shape index (κ3) is 3.66. The molecule has 4 rings (SSSR count). The second kappa shape index (κ2) is 7.36. The van der Waals surface area contributed by atoms with Gasteiger partial charge in [0.05, 0.1) is 17.8 Å². The van der Waals surface area contributed by atoms with E-state index in [-0.39, 0.29) is 36.4 Å². The van der Waals surface area contributed by atoms with E-state index in [2.05, 4.69) is 0 Å². The Balaban J connectivity index is 1.66. The summed E-state index contributed by atoms with van der Waals surface area (Å²) in [5.41, 5.74) is -0.781. The molecule has 1 heterocycles. The number of hydrogen-bond donors (Lipinski definition) is 1. The molecule has 1 spiro atoms. The topological polar surface area (TPSA) is 29.5 Å². The van der Waals surface area contributed by atoms with Gasteiger partial charge in [-0.15, -0.1) is 0 Å². The number of hydrogen-bond acceptors (Lipinski definition) is 2. The van der Waals surface area contributed by atoms with E-state index in [1.807, 2.05) is 0 Å². The minimum Gasteiger partial charge on any atom is -0.396 e. The lowest BCUT2D eigenvalue weighted by atomic mass is 9.76. The van der Waals surface area contributed by atoms with Crippen LogP contribution in [0.25, 0.3) is 0 Å². The fraction of sp³-hybridized carbons (Fsp3) is 0.455. The van der Waals surface area contributed by atoms with Crippen molar-refractivity contribution in [1.29, 1.82) is 0 Å². The van der Waals surface area contributed by atoms with E-state index in [1.165, 1.54) is 12.1 Å². The molecule has 2 aromatic rings. The van der Waals surface area contributed by atoms with Gasteiger partial charge in [-0.3, -0.25) is 0 Å². The zero-order valence-corrected chi connectivity index (χ0v) is 15.6. The third-order valence-corrected chi connectivity index (χ3v) is 6.37. The van der Waals surface area contributed by atoms with Crippen LogP contribution in [0.1, 0.15) is 47.8 Å². The molecule has 1 saturated carbocycles. The molecular weight excluding hydrogens is 391 g/mol. The molecule has 2 aliphatic rings. The van der Waals surface area contributed by atoms with E-state index in [9.17, 15) is 27.1 Å². The molecule has 0 bridgehead atoms. The van der Waals surface area contributed by atoms with Crippen molar-refractivity contribution < 1.29 is 31.8 Å². The summed E-state index contributed by atoms with van der Waals surface area (Å²) >= 11 is 0. The molecule has 0 amide bonds. The van der Waals surface area contributed by atoms with Crippen LogP contribution in [0.5, 0.6) is 0 Å². The first kappa shape index (κ1) is 20.3. The lowest BCUT2D eigenvalue weighted by molar-refractivity contribution is -0.137. The summed E-state index contributed by atoms with van der Waals surface area (Å²) in [5.74, 6) is -1.91. The summed E-state index contributed by atoms with van der Waals surface area (Å²) < 4.78 is 73.1. The Morgan fingerprint density at radius 1 is 1.07 bits per heavy atom. The fourth-order valence-corrected chi connectivity index (χ4v) is 5.05. The van der Waals surface area contributed by atoms with Gasteiger partial charge in [0.15, 0.2) is 0 Å². The van der Waals surface area contributed by atoms with Crippen LogP contribution in [0.15, 0.2) is 42.5 Å². The highest BCUT2D eigenvalue weighted by molar-refractivity contribution is 5.33. The van der Waals surface area contributed by atoms with Crippen LogP contribution in [0.2, 0.25) is 0 Å². The molecule has 2 aromatic carbocycles. The van der Waals surface area contributed by atoms with Gasteiger partial charge >= 0.3 is 6.18 Å². The molecule has 2 fully saturated rings. The summed E-state index contributed by atoms with van der Waals surface area (Å²) in [7, 11) is 0. The van der Waals surface area contributed by atoms with Crippen LogP contribution in [-0.4, -0.2) is 23.9 Å². The second-order valence-electron chi connectivity index (χ2n) is 8.02. The molecule has 0 radical (unpaired) electrons.